The smallest absolute Gasteiger partial charge is 0.201 e. The average molecular weight is 327 g/mol. The minimum absolute atomic E-state index is 0.0687. The van der Waals surface area contributed by atoms with Crippen LogP contribution in [0.15, 0.2) is 52.1 Å². The number of halogens is 1. The van der Waals surface area contributed by atoms with Crippen LogP contribution in [0.1, 0.15) is 5.56 Å². The Kier molecular flexibility index (Phi) is 3.68. The molecule has 0 fully saturated rings. The van der Waals surface area contributed by atoms with Crippen molar-refractivity contribution in [3.63, 3.8) is 0 Å². The molecule has 1 aromatic heterocycles. The van der Waals surface area contributed by atoms with Crippen LogP contribution in [0.5, 0.6) is 0 Å². The number of hydrogen-bond donors (Lipinski definition) is 1. The summed E-state index contributed by atoms with van der Waals surface area (Å²) in [6.07, 6.45) is 1.42. The number of benzene rings is 1. The fourth-order valence-corrected chi connectivity index (χ4v) is 3.61. The Morgan fingerprint density at radius 2 is 1.89 bits per heavy atom. The summed E-state index contributed by atoms with van der Waals surface area (Å²) in [7, 11) is -3.53. The molecule has 0 spiro atoms. The summed E-state index contributed by atoms with van der Waals surface area (Å²) in [5.41, 5.74) is 6.50. The van der Waals surface area contributed by atoms with Crippen LogP contribution in [0.25, 0.3) is 0 Å². The van der Waals surface area contributed by atoms with Crippen molar-refractivity contribution < 1.29 is 8.42 Å². The molecule has 0 radical (unpaired) electrons. The highest BCUT2D eigenvalue weighted by atomic mass is 79.9. The summed E-state index contributed by atoms with van der Waals surface area (Å²) in [6.45, 7) is 0. The zero-order valence-electron chi connectivity index (χ0n) is 9.38. The van der Waals surface area contributed by atoms with Crippen molar-refractivity contribution in [2.45, 2.75) is 10.8 Å². The number of rotatable bonds is 3. The van der Waals surface area contributed by atoms with Gasteiger partial charge in [-0.1, -0.05) is 34.1 Å². The summed E-state index contributed by atoms with van der Waals surface area (Å²) in [4.78, 5) is 3.85. The van der Waals surface area contributed by atoms with Gasteiger partial charge in [0.1, 0.15) is 0 Å². The van der Waals surface area contributed by atoms with E-state index in [4.69, 9.17) is 5.73 Å². The van der Waals surface area contributed by atoms with E-state index in [2.05, 4.69) is 20.9 Å². The van der Waals surface area contributed by atoms with Crippen LogP contribution in [-0.2, 0) is 15.6 Å². The van der Waals surface area contributed by atoms with Gasteiger partial charge in [-0.3, -0.25) is 0 Å². The van der Waals surface area contributed by atoms with Crippen molar-refractivity contribution >= 4 is 31.5 Å². The van der Waals surface area contributed by atoms with Crippen LogP contribution in [0.3, 0.4) is 0 Å². The molecule has 1 heterocycles. The van der Waals surface area contributed by atoms with E-state index in [0.29, 0.717) is 5.56 Å². The number of aromatic nitrogens is 1. The normalized spacial score (nSPS) is 11.4. The van der Waals surface area contributed by atoms with E-state index in [1.54, 1.807) is 24.3 Å². The van der Waals surface area contributed by atoms with Gasteiger partial charge < -0.3 is 5.73 Å². The lowest BCUT2D eigenvalue weighted by Crippen LogP contribution is -2.10. The molecular weight excluding hydrogens is 316 g/mol. The SMILES string of the molecule is Nc1cccnc1S(=O)(=O)Cc1ccccc1Br. The summed E-state index contributed by atoms with van der Waals surface area (Å²) in [5, 5.41) is -0.0687. The van der Waals surface area contributed by atoms with Crippen LogP contribution in [0.2, 0.25) is 0 Å². The number of sulfone groups is 1. The minimum atomic E-state index is -3.53. The zero-order valence-corrected chi connectivity index (χ0v) is 11.8. The Labute approximate surface area is 114 Å². The Bertz CT molecular complexity index is 671. The maximum atomic E-state index is 12.2. The molecule has 0 aliphatic carbocycles. The summed E-state index contributed by atoms with van der Waals surface area (Å²) in [6, 6.07) is 10.3. The maximum absolute atomic E-state index is 12.2. The third-order valence-corrected chi connectivity index (χ3v) is 4.79. The number of hydrogen-bond acceptors (Lipinski definition) is 4. The summed E-state index contributed by atoms with van der Waals surface area (Å²) in [5.74, 6) is -0.129. The van der Waals surface area contributed by atoms with Gasteiger partial charge in [0, 0.05) is 10.7 Å². The molecule has 0 saturated heterocycles. The molecule has 6 heteroatoms. The molecule has 0 aliphatic rings. The van der Waals surface area contributed by atoms with Gasteiger partial charge in [-0.25, -0.2) is 13.4 Å². The molecule has 2 aromatic rings. The largest absolute Gasteiger partial charge is 0.396 e. The first kappa shape index (κ1) is 13.0. The first-order chi connectivity index (χ1) is 8.50. The topological polar surface area (TPSA) is 73.0 Å². The number of nitrogen functional groups attached to an aromatic ring is 1. The molecule has 0 aliphatic heterocycles. The van der Waals surface area contributed by atoms with Gasteiger partial charge in [0.05, 0.1) is 11.4 Å². The van der Waals surface area contributed by atoms with E-state index in [1.165, 1.54) is 12.3 Å². The monoisotopic (exact) mass is 326 g/mol. The second-order valence-electron chi connectivity index (χ2n) is 3.75. The molecule has 2 N–H and O–H groups in total. The molecule has 18 heavy (non-hydrogen) atoms. The van der Waals surface area contributed by atoms with Crippen molar-refractivity contribution in [3.8, 4) is 0 Å². The van der Waals surface area contributed by atoms with Crippen molar-refractivity contribution in [2.75, 3.05) is 5.73 Å². The first-order valence-corrected chi connectivity index (χ1v) is 7.62. The van der Waals surface area contributed by atoms with Gasteiger partial charge in [-0.15, -0.1) is 0 Å². The van der Waals surface area contributed by atoms with E-state index in [0.717, 1.165) is 4.47 Å². The third kappa shape index (κ3) is 2.70. The lowest BCUT2D eigenvalue weighted by molar-refractivity contribution is 0.592. The standard InChI is InChI=1S/C12H11BrN2O2S/c13-10-5-2-1-4-9(10)8-18(16,17)12-11(14)6-3-7-15-12/h1-7H,8,14H2. The Morgan fingerprint density at radius 3 is 2.56 bits per heavy atom. The summed E-state index contributed by atoms with van der Waals surface area (Å²) >= 11 is 3.32. The molecule has 0 atom stereocenters. The van der Waals surface area contributed by atoms with Gasteiger partial charge in [0.15, 0.2) is 5.03 Å². The predicted molar refractivity (Wildman–Crippen MR) is 73.7 cm³/mol. The average Bonchev–Trinajstić information content (AvgIpc) is 2.32. The molecule has 2 rings (SSSR count). The van der Waals surface area contributed by atoms with Gasteiger partial charge in [-0.2, -0.15) is 0 Å². The molecular formula is C12H11BrN2O2S. The third-order valence-electron chi connectivity index (χ3n) is 2.40. The Morgan fingerprint density at radius 1 is 1.17 bits per heavy atom. The van der Waals surface area contributed by atoms with Crippen LogP contribution in [-0.4, -0.2) is 13.4 Å². The van der Waals surface area contributed by atoms with Crippen LogP contribution in [0.4, 0.5) is 5.69 Å². The van der Waals surface area contributed by atoms with Crippen LogP contribution >= 0.6 is 15.9 Å². The predicted octanol–water partition coefficient (Wildman–Crippen LogP) is 2.40. The molecule has 4 nitrogen and oxygen atoms in total. The van der Waals surface area contributed by atoms with E-state index >= 15 is 0 Å². The number of pyridine rings is 1. The lowest BCUT2D eigenvalue weighted by atomic mass is 10.2. The number of nitrogens with two attached hydrogens (primary N) is 1. The van der Waals surface area contributed by atoms with Crippen LogP contribution in [0, 0.1) is 0 Å². The highest BCUT2D eigenvalue weighted by Gasteiger charge is 2.20. The number of nitrogens with zero attached hydrogens (tertiary/aromatic N) is 1. The van der Waals surface area contributed by atoms with E-state index in [1.807, 2.05) is 6.07 Å². The van der Waals surface area contributed by atoms with E-state index < -0.39 is 9.84 Å². The minimum Gasteiger partial charge on any atom is -0.396 e. The van der Waals surface area contributed by atoms with Gasteiger partial charge in [0.2, 0.25) is 9.84 Å². The maximum Gasteiger partial charge on any atom is 0.201 e. The molecule has 0 amide bonds. The van der Waals surface area contributed by atoms with Gasteiger partial charge in [0.25, 0.3) is 0 Å². The highest BCUT2D eigenvalue weighted by Crippen LogP contribution is 2.23. The quantitative estimate of drug-likeness (QED) is 0.939. The number of anilines is 1. The first-order valence-electron chi connectivity index (χ1n) is 5.17. The molecule has 94 valence electrons. The van der Waals surface area contributed by atoms with Gasteiger partial charge >= 0.3 is 0 Å². The van der Waals surface area contributed by atoms with Crippen molar-refractivity contribution in [3.05, 3.63) is 52.6 Å². The van der Waals surface area contributed by atoms with E-state index in [9.17, 15) is 8.42 Å². The lowest BCUT2D eigenvalue weighted by Gasteiger charge is -2.07. The summed E-state index contributed by atoms with van der Waals surface area (Å²) < 4.78 is 25.2. The molecule has 0 unspecified atom stereocenters. The fraction of sp³-hybridized carbons (Fsp3) is 0.0833. The second kappa shape index (κ2) is 5.07. The second-order valence-corrected chi connectivity index (χ2v) is 6.51. The van der Waals surface area contributed by atoms with Crippen LogP contribution < -0.4 is 5.73 Å². The molecule has 0 saturated carbocycles. The van der Waals surface area contributed by atoms with Crippen molar-refractivity contribution in [1.29, 1.82) is 0 Å². The molecule has 0 bridgehead atoms. The van der Waals surface area contributed by atoms with Gasteiger partial charge in [-0.05, 0) is 23.8 Å². The highest BCUT2D eigenvalue weighted by molar-refractivity contribution is 9.10. The van der Waals surface area contributed by atoms with E-state index in [-0.39, 0.29) is 16.5 Å². The Hall–Kier alpha value is -1.40. The van der Waals surface area contributed by atoms with Crippen molar-refractivity contribution in [2.24, 2.45) is 0 Å². The zero-order chi connectivity index (χ0) is 13.2. The molecule has 1 aromatic carbocycles. The fourth-order valence-electron chi connectivity index (χ4n) is 1.55. The Balaban J connectivity index is 2.40. The van der Waals surface area contributed by atoms with Crippen molar-refractivity contribution in [1.82, 2.24) is 4.98 Å².